The summed E-state index contributed by atoms with van der Waals surface area (Å²) in [4.78, 5) is 13.5. The molecule has 2 aromatic rings. The predicted octanol–water partition coefficient (Wildman–Crippen LogP) is 2.62. The Morgan fingerprint density at radius 2 is 1.95 bits per heavy atom. The standard InChI is InChI=1S/C17H25N3O/c1-17(2,3)18-11-13-7-6-8-15-14(13)9-10-20(15)12-16(21)19(4)5/h6-10,18H,11-12H2,1-5H3. The smallest absolute Gasteiger partial charge is 0.241 e. The fourth-order valence-electron chi connectivity index (χ4n) is 2.23. The van der Waals surface area contributed by atoms with Crippen molar-refractivity contribution in [2.75, 3.05) is 14.1 Å². The summed E-state index contributed by atoms with van der Waals surface area (Å²) in [6, 6.07) is 8.36. The van der Waals surface area contributed by atoms with E-state index in [4.69, 9.17) is 0 Å². The van der Waals surface area contributed by atoms with Crippen molar-refractivity contribution in [3.8, 4) is 0 Å². The van der Waals surface area contributed by atoms with E-state index in [0.29, 0.717) is 6.54 Å². The Kier molecular flexibility index (Phi) is 4.37. The van der Waals surface area contributed by atoms with Crippen LogP contribution in [0.5, 0.6) is 0 Å². The molecular formula is C17H25N3O. The summed E-state index contributed by atoms with van der Waals surface area (Å²) >= 11 is 0. The number of likely N-dealkylation sites (N-methyl/N-ethyl adjacent to an activating group) is 1. The molecule has 1 aromatic heterocycles. The molecule has 0 atom stereocenters. The molecule has 0 fully saturated rings. The van der Waals surface area contributed by atoms with Gasteiger partial charge in [0.2, 0.25) is 5.91 Å². The van der Waals surface area contributed by atoms with Crippen molar-refractivity contribution in [1.82, 2.24) is 14.8 Å². The van der Waals surface area contributed by atoms with Crippen LogP contribution in [-0.4, -0.2) is 35.0 Å². The highest BCUT2D eigenvalue weighted by atomic mass is 16.2. The highest BCUT2D eigenvalue weighted by molar-refractivity contribution is 5.85. The SMILES string of the molecule is CN(C)C(=O)Cn1ccc2c(CNC(C)(C)C)cccc21. The first-order chi connectivity index (χ1) is 9.78. The van der Waals surface area contributed by atoms with Crippen molar-refractivity contribution in [3.05, 3.63) is 36.0 Å². The molecule has 0 radical (unpaired) electrons. The molecule has 0 saturated heterocycles. The number of rotatable bonds is 4. The maximum absolute atomic E-state index is 11.9. The molecule has 0 aliphatic heterocycles. The molecule has 114 valence electrons. The second kappa shape index (κ2) is 5.90. The Morgan fingerprint density at radius 1 is 1.24 bits per heavy atom. The van der Waals surface area contributed by atoms with E-state index in [2.05, 4.69) is 50.4 Å². The molecule has 1 aromatic carbocycles. The van der Waals surface area contributed by atoms with Crippen molar-refractivity contribution in [2.45, 2.75) is 39.4 Å². The number of carbonyl (C=O) groups excluding carboxylic acids is 1. The van der Waals surface area contributed by atoms with E-state index in [0.717, 1.165) is 12.1 Å². The topological polar surface area (TPSA) is 37.3 Å². The first-order valence-electron chi connectivity index (χ1n) is 7.30. The summed E-state index contributed by atoms with van der Waals surface area (Å²) in [6.45, 7) is 7.69. The number of hydrogen-bond acceptors (Lipinski definition) is 2. The molecule has 1 heterocycles. The van der Waals surface area contributed by atoms with Crippen LogP contribution in [-0.2, 0) is 17.9 Å². The van der Waals surface area contributed by atoms with Crippen molar-refractivity contribution >= 4 is 16.8 Å². The van der Waals surface area contributed by atoms with E-state index in [1.165, 1.54) is 10.9 Å². The summed E-state index contributed by atoms with van der Waals surface area (Å²) in [5, 5.41) is 4.72. The van der Waals surface area contributed by atoms with Gasteiger partial charge >= 0.3 is 0 Å². The third-order valence-electron chi connectivity index (χ3n) is 3.52. The number of aromatic nitrogens is 1. The van der Waals surface area contributed by atoms with Gasteiger partial charge in [-0.2, -0.15) is 0 Å². The first kappa shape index (κ1) is 15.6. The van der Waals surface area contributed by atoms with Gasteiger partial charge in [0.25, 0.3) is 0 Å². The van der Waals surface area contributed by atoms with Crippen LogP contribution in [0.1, 0.15) is 26.3 Å². The average Bonchev–Trinajstić information content (AvgIpc) is 2.79. The molecule has 1 N–H and O–H groups in total. The van der Waals surface area contributed by atoms with E-state index < -0.39 is 0 Å². The highest BCUT2D eigenvalue weighted by Gasteiger charge is 2.12. The summed E-state index contributed by atoms with van der Waals surface area (Å²) in [7, 11) is 3.57. The molecule has 4 heteroatoms. The zero-order valence-electron chi connectivity index (χ0n) is 13.6. The lowest BCUT2D eigenvalue weighted by molar-refractivity contribution is -0.129. The number of benzene rings is 1. The van der Waals surface area contributed by atoms with Crippen molar-refractivity contribution in [2.24, 2.45) is 0 Å². The lowest BCUT2D eigenvalue weighted by atomic mass is 10.1. The number of fused-ring (bicyclic) bond motifs is 1. The molecule has 0 spiro atoms. The summed E-state index contributed by atoms with van der Waals surface area (Å²) in [5.74, 6) is 0.103. The average molecular weight is 287 g/mol. The summed E-state index contributed by atoms with van der Waals surface area (Å²) < 4.78 is 2.01. The van der Waals surface area contributed by atoms with Crippen LogP contribution >= 0.6 is 0 Å². The van der Waals surface area contributed by atoms with Gasteiger partial charge in [-0.1, -0.05) is 12.1 Å². The second-order valence-electron chi connectivity index (χ2n) is 6.69. The maximum atomic E-state index is 11.9. The normalized spacial score (nSPS) is 11.9. The van der Waals surface area contributed by atoms with Gasteiger partial charge < -0.3 is 14.8 Å². The summed E-state index contributed by atoms with van der Waals surface area (Å²) in [5.41, 5.74) is 2.46. The molecule has 1 amide bonds. The van der Waals surface area contributed by atoms with Gasteiger partial charge in [0, 0.05) is 43.3 Å². The van der Waals surface area contributed by atoms with Crippen molar-refractivity contribution in [1.29, 1.82) is 0 Å². The fraction of sp³-hybridized carbons (Fsp3) is 0.471. The number of nitrogens with one attached hydrogen (secondary N) is 1. The number of nitrogens with zero attached hydrogens (tertiary/aromatic N) is 2. The van der Waals surface area contributed by atoms with Crippen LogP contribution in [0.15, 0.2) is 30.5 Å². The van der Waals surface area contributed by atoms with Crippen molar-refractivity contribution in [3.63, 3.8) is 0 Å². The fourth-order valence-corrected chi connectivity index (χ4v) is 2.23. The van der Waals surface area contributed by atoms with Crippen LogP contribution in [0.4, 0.5) is 0 Å². The first-order valence-corrected chi connectivity index (χ1v) is 7.30. The zero-order valence-corrected chi connectivity index (χ0v) is 13.6. The van der Waals surface area contributed by atoms with E-state index in [-0.39, 0.29) is 11.4 Å². The van der Waals surface area contributed by atoms with Gasteiger partial charge in [-0.25, -0.2) is 0 Å². The van der Waals surface area contributed by atoms with Crippen LogP contribution in [0.3, 0.4) is 0 Å². The molecule has 21 heavy (non-hydrogen) atoms. The molecule has 4 nitrogen and oxygen atoms in total. The van der Waals surface area contributed by atoms with E-state index in [9.17, 15) is 4.79 Å². The molecule has 0 bridgehead atoms. The molecule has 0 saturated carbocycles. The minimum Gasteiger partial charge on any atom is -0.347 e. The van der Waals surface area contributed by atoms with Crippen LogP contribution in [0.2, 0.25) is 0 Å². The minimum absolute atomic E-state index is 0.0889. The molecule has 0 aliphatic carbocycles. The second-order valence-corrected chi connectivity index (χ2v) is 6.69. The summed E-state index contributed by atoms with van der Waals surface area (Å²) in [6.07, 6.45) is 1.99. The molecule has 2 rings (SSSR count). The van der Waals surface area contributed by atoms with Gasteiger partial charge in [-0.15, -0.1) is 0 Å². The van der Waals surface area contributed by atoms with E-state index in [1.807, 2.05) is 10.8 Å². The molecule has 0 unspecified atom stereocenters. The van der Waals surface area contributed by atoms with E-state index in [1.54, 1.807) is 19.0 Å². The van der Waals surface area contributed by atoms with Crippen LogP contribution < -0.4 is 5.32 Å². The number of carbonyl (C=O) groups is 1. The van der Waals surface area contributed by atoms with Crippen LogP contribution in [0, 0.1) is 0 Å². The Balaban J connectivity index is 2.27. The lowest BCUT2D eigenvalue weighted by Crippen LogP contribution is -2.35. The largest absolute Gasteiger partial charge is 0.347 e. The van der Waals surface area contributed by atoms with Gasteiger partial charge in [-0.05, 0) is 38.5 Å². The third kappa shape index (κ3) is 3.85. The van der Waals surface area contributed by atoms with Gasteiger partial charge in [-0.3, -0.25) is 4.79 Å². The zero-order chi connectivity index (χ0) is 15.6. The maximum Gasteiger partial charge on any atom is 0.241 e. The Hall–Kier alpha value is -1.81. The quantitative estimate of drug-likeness (QED) is 0.938. The molecule has 0 aliphatic rings. The lowest BCUT2D eigenvalue weighted by Gasteiger charge is -2.21. The van der Waals surface area contributed by atoms with Gasteiger partial charge in [0.05, 0.1) is 0 Å². The monoisotopic (exact) mass is 287 g/mol. The molecular weight excluding hydrogens is 262 g/mol. The minimum atomic E-state index is 0.0889. The highest BCUT2D eigenvalue weighted by Crippen LogP contribution is 2.21. The van der Waals surface area contributed by atoms with Gasteiger partial charge in [0.1, 0.15) is 6.54 Å². The van der Waals surface area contributed by atoms with Gasteiger partial charge in [0.15, 0.2) is 0 Å². The number of hydrogen-bond donors (Lipinski definition) is 1. The van der Waals surface area contributed by atoms with Crippen LogP contribution in [0.25, 0.3) is 10.9 Å². The Labute approximate surface area is 126 Å². The van der Waals surface area contributed by atoms with Crippen molar-refractivity contribution < 1.29 is 4.79 Å². The number of amides is 1. The van der Waals surface area contributed by atoms with E-state index >= 15 is 0 Å². The Bertz CT molecular complexity index is 635. The third-order valence-corrected chi connectivity index (χ3v) is 3.52. The Morgan fingerprint density at radius 3 is 2.57 bits per heavy atom. The predicted molar refractivity (Wildman–Crippen MR) is 87.2 cm³/mol.